The second-order valence-corrected chi connectivity index (χ2v) is 5.75. The number of amides is 1. The van der Waals surface area contributed by atoms with Gasteiger partial charge in [-0.1, -0.05) is 23.5 Å². The maximum absolute atomic E-state index is 13.0. The van der Waals surface area contributed by atoms with Gasteiger partial charge >= 0.3 is 18.6 Å². The van der Waals surface area contributed by atoms with E-state index in [0.29, 0.717) is 10.7 Å². The zero-order valence-corrected chi connectivity index (χ0v) is 13.3. The molecule has 0 saturated heterocycles. The molecule has 0 aliphatic rings. The van der Waals surface area contributed by atoms with Gasteiger partial charge in [0.05, 0.1) is 16.4 Å². The Morgan fingerprint density at radius 1 is 1.29 bits per heavy atom. The molecule has 5 nitrogen and oxygen atoms in total. The highest BCUT2D eigenvalue weighted by atomic mass is 32.1. The van der Waals surface area contributed by atoms with Crippen molar-refractivity contribution < 1.29 is 31.8 Å². The molecule has 0 unspecified atom stereocenters. The number of carbonyl (C=O) groups excluding carboxylic acids is 1. The van der Waals surface area contributed by atoms with Crippen molar-refractivity contribution >= 4 is 23.1 Å². The predicted molar refractivity (Wildman–Crippen MR) is 79.3 cm³/mol. The molecule has 1 N–H and O–H groups in total. The van der Waals surface area contributed by atoms with Crippen LogP contribution in [0.4, 0.5) is 28.0 Å². The molecule has 2 rings (SSSR count). The maximum atomic E-state index is 13.0. The number of carbonyl (C=O) groups is 1. The van der Waals surface area contributed by atoms with Gasteiger partial charge < -0.3 is 9.47 Å². The Morgan fingerprint density at radius 3 is 2.54 bits per heavy atom. The molecule has 1 aromatic heterocycles. The van der Waals surface area contributed by atoms with Crippen molar-refractivity contribution in [1.29, 1.82) is 0 Å². The Balaban J connectivity index is 2.12. The van der Waals surface area contributed by atoms with Crippen molar-refractivity contribution in [3.8, 4) is 10.8 Å². The van der Waals surface area contributed by atoms with Crippen LogP contribution in [0.2, 0.25) is 0 Å². The van der Waals surface area contributed by atoms with E-state index in [2.05, 4.69) is 15.0 Å². The molecule has 24 heavy (non-hydrogen) atoms. The number of nitrogens with zero attached hydrogens (tertiary/aromatic N) is 1. The van der Waals surface area contributed by atoms with Crippen molar-refractivity contribution in [3.05, 3.63) is 35.0 Å². The lowest BCUT2D eigenvalue weighted by molar-refractivity contribution is -0.252. The molecule has 2 aromatic rings. The van der Waals surface area contributed by atoms with E-state index in [1.165, 1.54) is 18.2 Å². The lowest BCUT2D eigenvalue weighted by Crippen LogP contribution is -2.33. The number of alkyl halides is 4. The fourth-order valence-corrected chi connectivity index (χ4v) is 2.44. The Hall–Kier alpha value is -2.36. The number of thiazole rings is 1. The van der Waals surface area contributed by atoms with Crippen molar-refractivity contribution in [2.24, 2.45) is 0 Å². The number of para-hydroxylation sites is 2. The zero-order chi connectivity index (χ0) is 17.9. The number of nitrogens with one attached hydrogen (secondary N) is 1. The van der Waals surface area contributed by atoms with Gasteiger partial charge in [-0.25, -0.2) is 9.78 Å². The third kappa shape index (κ3) is 4.34. The quantitative estimate of drug-likeness (QED) is 0.788. The van der Waals surface area contributed by atoms with Gasteiger partial charge in [0.15, 0.2) is 0 Å². The highest BCUT2D eigenvalue weighted by Crippen LogP contribution is 2.33. The number of rotatable bonds is 5. The van der Waals surface area contributed by atoms with Crippen LogP contribution < -0.4 is 14.8 Å². The van der Waals surface area contributed by atoms with E-state index in [1.807, 2.05) is 0 Å². The van der Waals surface area contributed by atoms with Gasteiger partial charge in [0.25, 0.3) is 0 Å². The highest BCUT2D eigenvalue weighted by molar-refractivity contribution is 7.13. The monoisotopic (exact) mass is 364 g/mol. The molecule has 0 saturated carbocycles. The summed E-state index contributed by atoms with van der Waals surface area (Å²) in [4.78, 5) is 15.9. The van der Waals surface area contributed by atoms with E-state index in [9.17, 15) is 22.4 Å². The van der Waals surface area contributed by atoms with Gasteiger partial charge in [-0.3, -0.25) is 5.32 Å². The van der Waals surface area contributed by atoms with E-state index < -0.39 is 24.4 Å². The van der Waals surface area contributed by atoms with Crippen LogP contribution >= 0.6 is 11.3 Å². The van der Waals surface area contributed by atoms with Crippen LogP contribution in [0.5, 0.6) is 10.8 Å². The first kappa shape index (κ1) is 18.0. The van der Waals surface area contributed by atoms with E-state index in [1.54, 1.807) is 13.8 Å². The number of hydrogen-bond donors (Lipinski definition) is 1. The van der Waals surface area contributed by atoms with Crippen LogP contribution in [-0.2, 0) is 0 Å². The van der Waals surface area contributed by atoms with Gasteiger partial charge in [0.2, 0.25) is 5.06 Å². The largest absolute Gasteiger partial charge is 0.461 e. The van der Waals surface area contributed by atoms with E-state index in [-0.39, 0.29) is 10.8 Å². The predicted octanol–water partition coefficient (Wildman–Crippen LogP) is 4.61. The number of hydrogen-bond acceptors (Lipinski definition) is 5. The van der Waals surface area contributed by atoms with Gasteiger partial charge in [-0.15, -0.1) is 0 Å². The van der Waals surface area contributed by atoms with Gasteiger partial charge in [-0.2, -0.15) is 17.6 Å². The summed E-state index contributed by atoms with van der Waals surface area (Å²) in [6, 6.07) is 4.94. The molecule has 1 amide bonds. The number of aryl methyl sites for hydroxylation is 2. The van der Waals surface area contributed by atoms with Crippen LogP contribution in [0.1, 0.15) is 10.7 Å². The summed E-state index contributed by atoms with van der Waals surface area (Å²) in [5.41, 5.74) is 0.253. The Labute approximate surface area is 138 Å². The van der Waals surface area contributed by atoms with Crippen LogP contribution in [0.3, 0.4) is 0 Å². The number of aromatic nitrogens is 1. The summed E-state index contributed by atoms with van der Waals surface area (Å²) in [6.45, 7) is 3.35. The zero-order valence-electron chi connectivity index (χ0n) is 12.5. The summed E-state index contributed by atoms with van der Waals surface area (Å²) < 4.78 is 59.6. The smallest absolute Gasteiger partial charge is 0.426 e. The molecule has 10 heteroatoms. The highest BCUT2D eigenvalue weighted by Gasteiger charge is 2.44. The summed E-state index contributed by atoms with van der Waals surface area (Å²) >= 11 is 1.13. The lowest BCUT2D eigenvalue weighted by atomic mass is 10.3. The molecule has 0 aliphatic carbocycles. The van der Waals surface area contributed by atoms with E-state index >= 15 is 0 Å². The minimum atomic E-state index is -4.69. The normalized spacial score (nSPS) is 11.5. The molecular formula is C14H12F4N2O3S. The third-order valence-electron chi connectivity index (χ3n) is 2.67. The maximum Gasteiger partial charge on any atom is 0.461 e. The average molecular weight is 364 g/mol. The van der Waals surface area contributed by atoms with Gasteiger partial charge in [0.1, 0.15) is 5.75 Å². The number of ether oxygens (including phenoxy) is 2. The SMILES string of the molecule is Cc1nc(C)c(OC(=O)Nc2ccccc2OC(F)(F)C(F)F)s1. The molecule has 0 atom stereocenters. The Kier molecular flexibility index (Phi) is 5.27. The molecule has 0 spiro atoms. The minimum absolute atomic E-state index is 0.235. The van der Waals surface area contributed by atoms with Gasteiger partial charge in [-0.05, 0) is 26.0 Å². The molecule has 0 radical (unpaired) electrons. The first-order valence-electron chi connectivity index (χ1n) is 6.56. The topological polar surface area (TPSA) is 60.5 Å². The minimum Gasteiger partial charge on any atom is -0.426 e. The molecule has 130 valence electrons. The summed E-state index contributed by atoms with van der Waals surface area (Å²) in [5, 5.41) is 3.09. The van der Waals surface area contributed by atoms with E-state index in [0.717, 1.165) is 17.4 Å². The van der Waals surface area contributed by atoms with Crippen molar-refractivity contribution in [2.45, 2.75) is 26.4 Å². The van der Waals surface area contributed by atoms with Crippen LogP contribution in [0, 0.1) is 13.8 Å². The van der Waals surface area contributed by atoms with E-state index in [4.69, 9.17) is 4.74 Å². The molecule has 0 bridgehead atoms. The molecule has 0 fully saturated rings. The molecule has 0 aliphatic heterocycles. The van der Waals surface area contributed by atoms with Crippen molar-refractivity contribution in [3.63, 3.8) is 0 Å². The fourth-order valence-electron chi connectivity index (χ4n) is 1.68. The van der Waals surface area contributed by atoms with Crippen LogP contribution in [0.15, 0.2) is 24.3 Å². The second-order valence-electron chi connectivity index (χ2n) is 4.58. The third-order valence-corrected chi connectivity index (χ3v) is 3.62. The lowest BCUT2D eigenvalue weighted by Gasteiger charge is -2.19. The molecular weight excluding hydrogens is 352 g/mol. The summed E-state index contributed by atoms with van der Waals surface area (Å²) in [7, 11) is 0. The first-order valence-corrected chi connectivity index (χ1v) is 7.37. The van der Waals surface area contributed by atoms with Crippen molar-refractivity contribution in [2.75, 3.05) is 5.32 Å². The van der Waals surface area contributed by atoms with Crippen LogP contribution in [-0.4, -0.2) is 23.6 Å². The summed E-state index contributed by atoms with van der Waals surface area (Å²) in [5.74, 6) is -0.614. The number of halogens is 4. The standard InChI is InChI=1S/C14H12F4N2O3S/c1-7-11(24-8(2)19-7)22-13(21)20-9-5-3-4-6-10(9)23-14(17,18)12(15)16/h3-6,12H,1-2H3,(H,20,21). The average Bonchev–Trinajstić information content (AvgIpc) is 2.78. The Morgan fingerprint density at radius 2 is 1.96 bits per heavy atom. The molecule has 1 heterocycles. The number of benzene rings is 1. The van der Waals surface area contributed by atoms with Gasteiger partial charge in [0, 0.05) is 0 Å². The van der Waals surface area contributed by atoms with Crippen LogP contribution in [0.25, 0.3) is 0 Å². The van der Waals surface area contributed by atoms with Crippen molar-refractivity contribution in [1.82, 2.24) is 4.98 Å². The second kappa shape index (κ2) is 7.04. The summed E-state index contributed by atoms with van der Waals surface area (Å²) in [6.07, 6.45) is -9.69. The Bertz CT molecular complexity index is 737. The number of anilines is 1. The fraction of sp³-hybridized carbons (Fsp3) is 0.286. The first-order chi connectivity index (χ1) is 11.2. The molecule has 1 aromatic carbocycles.